The van der Waals surface area contributed by atoms with E-state index in [1.165, 1.54) is 16.2 Å². The molecule has 1 aromatic heterocycles. The van der Waals surface area contributed by atoms with Crippen LogP contribution in [-0.2, 0) is 16.0 Å². The fourth-order valence-electron chi connectivity index (χ4n) is 3.16. The second-order valence-electron chi connectivity index (χ2n) is 6.37. The van der Waals surface area contributed by atoms with Crippen LogP contribution in [0.1, 0.15) is 15.9 Å². The van der Waals surface area contributed by atoms with Crippen molar-refractivity contribution in [3.05, 3.63) is 83.8 Å². The fraction of sp³-hybridized carbons (Fsp3) is 0.136. The topological polar surface area (TPSA) is 59.5 Å². The molecule has 0 spiro atoms. The fourth-order valence-corrected chi connectivity index (χ4v) is 4.01. The highest BCUT2D eigenvalue weighted by Gasteiger charge is 2.34. The minimum atomic E-state index is -0.869. The predicted octanol–water partition coefficient (Wildman–Crippen LogP) is 4.11. The van der Waals surface area contributed by atoms with E-state index in [2.05, 4.69) is 11.6 Å². The molecule has 2 heterocycles. The van der Waals surface area contributed by atoms with Gasteiger partial charge in [0.15, 0.2) is 11.2 Å². The largest absolute Gasteiger partial charge is 0.448 e. The molecular formula is C22H18N2O3S. The molecule has 5 nitrogen and oxygen atoms in total. The molecule has 28 heavy (non-hydrogen) atoms. The molecule has 0 fully saturated rings. The Bertz CT molecular complexity index is 1030. The molecule has 0 saturated heterocycles. The third-order valence-electron chi connectivity index (χ3n) is 4.54. The van der Waals surface area contributed by atoms with Crippen LogP contribution < -0.4 is 4.90 Å². The zero-order chi connectivity index (χ0) is 19.5. The van der Waals surface area contributed by atoms with E-state index >= 15 is 0 Å². The van der Waals surface area contributed by atoms with Gasteiger partial charge in [0.05, 0.1) is 11.3 Å². The maximum absolute atomic E-state index is 13.2. The van der Waals surface area contributed by atoms with Gasteiger partial charge in [-0.25, -0.2) is 9.78 Å². The molecule has 0 N–H and O–H groups in total. The van der Waals surface area contributed by atoms with Crippen molar-refractivity contribution in [3.8, 4) is 11.3 Å². The first-order chi connectivity index (χ1) is 13.7. The van der Waals surface area contributed by atoms with Crippen LogP contribution in [0.5, 0.6) is 0 Å². The van der Waals surface area contributed by atoms with Crippen LogP contribution >= 0.6 is 11.3 Å². The molecule has 1 aliphatic heterocycles. The Hall–Kier alpha value is -3.25. The SMILES string of the molecule is C=CCN(C(=O)[C@H]1Cc2ccccc2C(=O)O1)c1nc(-c2ccccc2)cs1. The number of nitrogens with zero attached hydrogens (tertiary/aromatic N) is 2. The summed E-state index contributed by atoms with van der Waals surface area (Å²) in [4.78, 5) is 31.6. The van der Waals surface area contributed by atoms with E-state index in [0.29, 0.717) is 17.1 Å². The number of carbonyl (C=O) groups excluding carboxylic acids is 2. The van der Waals surface area contributed by atoms with Crippen molar-refractivity contribution in [2.45, 2.75) is 12.5 Å². The molecule has 6 heteroatoms. The summed E-state index contributed by atoms with van der Waals surface area (Å²) in [5.74, 6) is -0.764. The van der Waals surface area contributed by atoms with E-state index in [1.54, 1.807) is 18.2 Å². The minimum absolute atomic E-state index is 0.288. The Labute approximate surface area is 166 Å². The molecule has 3 aromatic rings. The average Bonchev–Trinajstić information content (AvgIpc) is 3.22. The van der Waals surface area contributed by atoms with E-state index in [-0.39, 0.29) is 12.5 Å². The third-order valence-corrected chi connectivity index (χ3v) is 5.40. The molecule has 0 unspecified atom stereocenters. The third kappa shape index (κ3) is 3.46. The van der Waals surface area contributed by atoms with Gasteiger partial charge in [-0.2, -0.15) is 0 Å². The van der Waals surface area contributed by atoms with Gasteiger partial charge in [0, 0.05) is 23.9 Å². The van der Waals surface area contributed by atoms with Gasteiger partial charge in [0.25, 0.3) is 5.91 Å². The predicted molar refractivity (Wildman–Crippen MR) is 109 cm³/mol. The zero-order valence-corrected chi connectivity index (χ0v) is 15.9. The quantitative estimate of drug-likeness (QED) is 0.486. The molecule has 1 atom stereocenters. The van der Waals surface area contributed by atoms with Crippen molar-refractivity contribution < 1.29 is 14.3 Å². The monoisotopic (exact) mass is 390 g/mol. The van der Waals surface area contributed by atoms with E-state index in [4.69, 9.17) is 4.74 Å². The summed E-state index contributed by atoms with van der Waals surface area (Å²) >= 11 is 1.38. The molecular weight excluding hydrogens is 372 g/mol. The van der Waals surface area contributed by atoms with E-state index in [1.807, 2.05) is 47.8 Å². The number of hydrogen-bond donors (Lipinski definition) is 0. The molecule has 0 saturated carbocycles. The van der Waals surface area contributed by atoms with Gasteiger partial charge < -0.3 is 4.74 Å². The minimum Gasteiger partial charge on any atom is -0.448 e. The van der Waals surface area contributed by atoms with Gasteiger partial charge in [-0.15, -0.1) is 17.9 Å². The Morgan fingerprint density at radius 1 is 1.21 bits per heavy atom. The maximum atomic E-state index is 13.2. The highest BCUT2D eigenvalue weighted by atomic mass is 32.1. The van der Waals surface area contributed by atoms with Crippen LogP contribution in [0.25, 0.3) is 11.3 Å². The number of aromatic nitrogens is 1. The first-order valence-corrected chi connectivity index (χ1v) is 9.77. The average molecular weight is 390 g/mol. The number of fused-ring (bicyclic) bond motifs is 1. The van der Waals surface area contributed by atoms with E-state index in [0.717, 1.165) is 16.8 Å². The summed E-state index contributed by atoms with van der Waals surface area (Å²) in [7, 11) is 0. The molecule has 1 aliphatic rings. The Kier molecular flexibility index (Phi) is 5.04. The summed E-state index contributed by atoms with van der Waals surface area (Å²) in [6, 6.07) is 17.0. The van der Waals surface area contributed by atoms with Crippen LogP contribution in [0.3, 0.4) is 0 Å². The maximum Gasteiger partial charge on any atom is 0.339 e. The first-order valence-electron chi connectivity index (χ1n) is 8.89. The number of cyclic esters (lactones) is 1. The molecule has 0 radical (unpaired) electrons. The van der Waals surface area contributed by atoms with Crippen molar-refractivity contribution in [1.82, 2.24) is 4.98 Å². The highest BCUT2D eigenvalue weighted by molar-refractivity contribution is 7.14. The van der Waals surface area contributed by atoms with Crippen molar-refractivity contribution in [2.24, 2.45) is 0 Å². The Balaban J connectivity index is 1.60. The lowest BCUT2D eigenvalue weighted by Gasteiger charge is -2.28. The van der Waals surface area contributed by atoms with Crippen molar-refractivity contribution in [3.63, 3.8) is 0 Å². The van der Waals surface area contributed by atoms with Crippen molar-refractivity contribution >= 4 is 28.3 Å². The van der Waals surface area contributed by atoms with Crippen LogP contribution in [0, 0.1) is 0 Å². The van der Waals surface area contributed by atoms with Crippen molar-refractivity contribution in [2.75, 3.05) is 11.4 Å². The molecule has 1 amide bonds. The standard InChI is InChI=1S/C22H18N2O3S/c1-2-12-24(22-23-18(14-28-22)15-8-4-3-5-9-15)20(25)19-13-16-10-6-7-11-17(16)21(26)27-19/h2-11,14,19H,1,12-13H2/t19-/m1/s1. The van der Waals surface area contributed by atoms with Crippen molar-refractivity contribution in [1.29, 1.82) is 0 Å². The number of amides is 1. The van der Waals surface area contributed by atoms with Crippen LogP contribution in [0.15, 0.2) is 72.6 Å². The summed E-state index contributed by atoms with van der Waals surface area (Å²) in [5, 5.41) is 2.47. The molecule has 0 bridgehead atoms. The number of hydrogen-bond acceptors (Lipinski definition) is 5. The summed E-state index contributed by atoms with van der Waals surface area (Å²) in [5.41, 5.74) is 3.12. The van der Waals surface area contributed by atoms with Gasteiger partial charge in [-0.3, -0.25) is 9.69 Å². The van der Waals surface area contributed by atoms with Gasteiger partial charge >= 0.3 is 5.97 Å². The number of thiazole rings is 1. The van der Waals surface area contributed by atoms with Crippen LogP contribution in [-0.4, -0.2) is 29.5 Å². The lowest BCUT2D eigenvalue weighted by molar-refractivity contribution is -0.127. The number of esters is 1. The number of ether oxygens (including phenoxy) is 1. The molecule has 0 aliphatic carbocycles. The Morgan fingerprint density at radius 2 is 1.96 bits per heavy atom. The number of rotatable bonds is 5. The second-order valence-corrected chi connectivity index (χ2v) is 7.21. The zero-order valence-electron chi connectivity index (χ0n) is 15.1. The summed E-state index contributed by atoms with van der Waals surface area (Å²) < 4.78 is 5.43. The summed E-state index contributed by atoms with van der Waals surface area (Å²) in [6.45, 7) is 4.03. The van der Waals surface area contributed by atoms with Gasteiger partial charge in [-0.1, -0.05) is 54.6 Å². The lowest BCUT2D eigenvalue weighted by Crippen LogP contribution is -2.44. The van der Waals surface area contributed by atoms with E-state index < -0.39 is 12.1 Å². The number of anilines is 1. The van der Waals surface area contributed by atoms with Gasteiger partial charge in [-0.05, 0) is 11.6 Å². The van der Waals surface area contributed by atoms with E-state index in [9.17, 15) is 9.59 Å². The number of benzene rings is 2. The number of carbonyl (C=O) groups is 2. The highest BCUT2D eigenvalue weighted by Crippen LogP contribution is 2.29. The molecule has 2 aromatic carbocycles. The Morgan fingerprint density at radius 3 is 2.75 bits per heavy atom. The second kappa shape index (κ2) is 7.78. The molecule has 140 valence electrons. The molecule has 4 rings (SSSR count). The lowest BCUT2D eigenvalue weighted by atomic mass is 9.98. The van der Waals surface area contributed by atoms with Crippen LogP contribution in [0.4, 0.5) is 5.13 Å². The van der Waals surface area contributed by atoms with Gasteiger partial charge in [0.2, 0.25) is 0 Å². The first kappa shape index (κ1) is 18.1. The van der Waals surface area contributed by atoms with Gasteiger partial charge in [0.1, 0.15) is 0 Å². The normalized spacial score (nSPS) is 15.4. The smallest absolute Gasteiger partial charge is 0.339 e. The van der Waals surface area contributed by atoms with Crippen LogP contribution in [0.2, 0.25) is 0 Å². The summed E-state index contributed by atoms with van der Waals surface area (Å²) in [6.07, 6.45) is 1.12.